The third-order valence-electron chi connectivity index (χ3n) is 3.68. The monoisotopic (exact) mass is 327 g/mol. The van der Waals surface area contributed by atoms with E-state index in [9.17, 15) is 9.18 Å². The molecule has 2 rings (SSSR count). The number of nitrogens with zero attached hydrogens (tertiary/aromatic N) is 1. The summed E-state index contributed by atoms with van der Waals surface area (Å²) in [5, 5.41) is 0. The Hall–Kier alpha value is -0.740. The van der Waals surface area contributed by atoms with Crippen LogP contribution in [0.15, 0.2) is 22.7 Å². The van der Waals surface area contributed by atoms with Gasteiger partial charge < -0.3 is 0 Å². The molecule has 1 saturated heterocycles. The largest absolute Gasteiger partial charge is 0.300 e. The van der Waals surface area contributed by atoms with E-state index in [1.807, 2.05) is 6.07 Å². The lowest BCUT2D eigenvalue weighted by Crippen LogP contribution is -2.40. The predicted molar refractivity (Wildman–Crippen MR) is 77.4 cm³/mol. The lowest BCUT2D eigenvalue weighted by atomic mass is 9.97. The molecule has 1 fully saturated rings. The standard InChI is InChI=1S/C15H19BrFNO/c1-11(19)9-13-6-2-3-8-18(13)10-12-5-4-7-14(17)15(12)16/h4-5,7,13H,2-3,6,8-10H2,1H3. The van der Waals surface area contributed by atoms with Crippen molar-refractivity contribution in [1.82, 2.24) is 4.90 Å². The van der Waals surface area contributed by atoms with Gasteiger partial charge >= 0.3 is 0 Å². The molecule has 0 N–H and O–H groups in total. The van der Waals surface area contributed by atoms with Crippen molar-refractivity contribution in [3.63, 3.8) is 0 Å². The molecule has 0 amide bonds. The zero-order chi connectivity index (χ0) is 13.8. The molecule has 0 bridgehead atoms. The van der Waals surface area contributed by atoms with Crippen LogP contribution in [0, 0.1) is 5.82 Å². The van der Waals surface area contributed by atoms with Crippen LogP contribution >= 0.6 is 15.9 Å². The average Bonchev–Trinajstić information content (AvgIpc) is 2.36. The number of hydrogen-bond acceptors (Lipinski definition) is 2. The summed E-state index contributed by atoms with van der Waals surface area (Å²) >= 11 is 3.31. The smallest absolute Gasteiger partial charge is 0.137 e. The number of piperidine rings is 1. The highest BCUT2D eigenvalue weighted by Crippen LogP contribution is 2.26. The zero-order valence-electron chi connectivity index (χ0n) is 11.2. The minimum Gasteiger partial charge on any atom is -0.300 e. The van der Waals surface area contributed by atoms with E-state index in [0.717, 1.165) is 24.9 Å². The van der Waals surface area contributed by atoms with Gasteiger partial charge in [0, 0.05) is 19.0 Å². The van der Waals surface area contributed by atoms with Crippen molar-refractivity contribution < 1.29 is 9.18 Å². The number of carbonyl (C=O) groups excluding carboxylic acids is 1. The maximum Gasteiger partial charge on any atom is 0.137 e. The topological polar surface area (TPSA) is 20.3 Å². The van der Waals surface area contributed by atoms with Gasteiger partial charge in [0.25, 0.3) is 0 Å². The molecule has 104 valence electrons. The maximum atomic E-state index is 13.5. The molecule has 1 aliphatic heterocycles. The van der Waals surface area contributed by atoms with E-state index in [-0.39, 0.29) is 11.6 Å². The van der Waals surface area contributed by atoms with Gasteiger partial charge in [-0.05, 0) is 53.9 Å². The summed E-state index contributed by atoms with van der Waals surface area (Å²) in [7, 11) is 0. The summed E-state index contributed by atoms with van der Waals surface area (Å²) in [5.74, 6) is 0.00725. The molecule has 2 nitrogen and oxygen atoms in total. The molecule has 1 aromatic rings. The van der Waals surface area contributed by atoms with Crippen molar-refractivity contribution in [2.24, 2.45) is 0 Å². The second-order valence-electron chi connectivity index (χ2n) is 5.24. The fraction of sp³-hybridized carbons (Fsp3) is 0.533. The van der Waals surface area contributed by atoms with E-state index >= 15 is 0 Å². The van der Waals surface area contributed by atoms with Crippen LogP contribution in [0.1, 0.15) is 38.2 Å². The Kier molecular flexibility index (Phi) is 5.11. The molecule has 4 heteroatoms. The highest BCUT2D eigenvalue weighted by molar-refractivity contribution is 9.10. The molecule has 0 saturated carbocycles. The number of benzene rings is 1. The Labute approximate surface area is 122 Å². The first-order chi connectivity index (χ1) is 9.08. The number of hydrogen-bond donors (Lipinski definition) is 0. The van der Waals surface area contributed by atoms with Gasteiger partial charge in [-0.15, -0.1) is 0 Å². The van der Waals surface area contributed by atoms with Gasteiger partial charge in [-0.25, -0.2) is 4.39 Å². The molecule has 0 spiro atoms. The quantitative estimate of drug-likeness (QED) is 0.835. The first kappa shape index (κ1) is 14.7. The van der Waals surface area contributed by atoms with Gasteiger partial charge in [0.1, 0.15) is 11.6 Å². The van der Waals surface area contributed by atoms with E-state index in [4.69, 9.17) is 0 Å². The van der Waals surface area contributed by atoms with Gasteiger partial charge in [0.15, 0.2) is 0 Å². The SMILES string of the molecule is CC(=O)CC1CCCCN1Cc1cccc(F)c1Br. The molecule has 0 radical (unpaired) electrons. The third-order valence-corrected chi connectivity index (χ3v) is 4.57. The Bertz CT molecular complexity index is 463. The van der Waals surface area contributed by atoms with Crippen molar-refractivity contribution in [3.8, 4) is 0 Å². The lowest BCUT2D eigenvalue weighted by molar-refractivity contribution is -0.118. The first-order valence-corrected chi connectivity index (χ1v) is 7.53. The summed E-state index contributed by atoms with van der Waals surface area (Å²) in [6.07, 6.45) is 4.00. The minimum absolute atomic E-state index is 0.224. The number of carbonyl (C=O) groups is 1. The highest BCUT2D eigenvalue weighted by Gasteiger charge is 2.24. The van der Waals surface area contributed by atoms with Crippen LogP contribution < -0.4 is 0 Å². The van der Waals surface area contributed by atoms with Gasteiger partial charge in [-0.1, -0.05) is 18.6 Å². The van der Waals surface area contributed by atoms with E-state index in [1.165, 1.54) is 12.5 Å². The number of ketones is 1. The predicted octanol–water partition coefficient (Wildman–Crippen LogP) is 3.92. The van der Waals surface area contributed by atoms with Gasteiger partial charge in [0.05, 0.1) is 4.47 Å². The fourth-order valence-electron chi connectivity index (χ4n) is 2.72. The molecule has 1 atom stereocenters. The summed E-state index contributed by atoms with van der Waals surface area (Å²) in [4.78, 5) is 13.6. The van der Waals surface area contributed by atoms with Crippen molar-refractivity contribution in [1.29, 1.82) is 0 Å². The second kappa shape index (κ2) is 6.62. The first-order valence-electron chi connectivity index (χ1n) is 6.74. The molecule has 1 unspecified atom stereocenters. The second-order valence-corrected chi connectivity index (χ2v) is 6.03. The molecule has 1 heterocycles. The Morgan fingerprint density at radius 2 is 2.26 bits per heavy atom. The van der Waals surface area contributed by atoms with Crippen LogP contribution in [0.25, 0.3) is 0 Å². The van der Waals surface area contributed by atoms with Crippen molar-refractivity contribution in [2.75, 3.05) is 6.54 Å². The van der Waals surface area contributed by atoms with Crippen molar-refractivity contribution >= 4 is 21.7 Å². The minimum atomic E-state index is -0.224. The van der Waals surface area contributed by atoms with Gasteiger partial charge in [0.2, 0.25) is 0 Å². The molecule has 0 aliphatic carbocycles. The van der Waals surface area contributed by atoms with Crippen molar-refractivity contribution in [2.45, 2.75) is 45.2 Å². The molecular weight excluding hydrogens is 309 g/mol. The van der Waals surface area contributed by atoms with Gasteiger partial charge in [-0.2, -0.15) is 0 Å². The summed E-state index contributed by atoms with van der Waals surface area (Å²) < 4.78 is 14.1. The molecule has 19 heavy (non-hydrogen) atoms. The molecular formula is C15H19BrFNO. The zero-order valence-corrected chi connectivity index (χ0v) is 12.7. The lowest BCUT2D eigenvalue weighted by Gasteiger charge is -2.35. The Morgan fingerprint density at radius 3 is 3.00 bits per heavy atom. The summed E-state index contributed by atoms with van der Waals surface area (Å²) in [5.41, 5.74) is 0.954. The van der Waals surface area contributed by atoms with Crippen LogP contribution in [-0.4, -0.2) is 23.3 Å². The number of Topliss-reactive ketones (excluding diaryl/α,β-unsaturated/α-hetero) is 1. The Morgan fingerprint density at radius 1 is 1.47 bits per heavy atom. The third kappa shape index (κ3) is 3.86. The fourth-order valence-corrected chi connectivity index (χ4v) is 3.11. The number of rotatable bonds is 4. The summed E-state index contributed by atoms with van der Waals surface area (Å²) in [6, 6.07) is 5.43. The van der Waals surface area contributed by atoms with Crippen molar-refractivity contribution in [3.05, 3.63) is 34.1 Å². The van der Waals surface area contributed by atoms with E-state index in [0.29, 0.717) is 23.5 Å². The normalized spacial score (nSPS) is 20.5. The maximum absolute atomic E-state index is 13.5. The molecule has 1 aliphatic rings. The Balaban J connectivity index is 2.10. The van der Waals surface area contributed by atoms with Crippen LogP contribution in [0.4, 0.5) is 4.39 Å². The van der Waals surface area contributed by atoms with E-state index in [1.54, 1.807) is 13.0 Å². The van der Waals surface area contributed by atoms with Crippen LogP contribution in [0.2, 0.25) is 0 Å². The van der Waals surface area contributed by atoms with Crippen LogP contribution in [-0.2, 0) is 11.3 Å². The molecule has 0 aromatic heterocycles. The summed E-state index contributed by atoms with van der Waals surface area (Å²) in [6.45, 7) is 3.34. The van der Waals surface area contributed by atoms with Crippen LogP contribution in [0.5, 0.6) is 0 Å². The van der Waals surface area contributed by atoms with E-state index in [2.05, 4.69) is 20.8 Å². The van der Waals surface area contributed by atoms with Crippen LogP contribution in [0.3, 0.4) is 0 Å². The van der Waals surface area contributed by atoms with Gasteiger partial charge in [-0.3, -0.25) is 9.69 Å². The number of halogens is 2. The van der Waals surface area contributed by atoms with E-state index < -0.39 is 0 Å². The molecule has 1 aromatic carbocycles. The highest BCUT2D eigenvalue weighted by atomic mass is 79.9. The average molecular weight is 328 g/mol. The number of likely N-dealkylation sites (tertiary alicyclic amines) is 1.